The van der Waals surface area contributed by atoms with E-state index in [1.54, 1.807) is 31.4 Å². The van der Waals surface area contributed by atoms with Gasteiger partial charge in [-0.1, -0.05) is 0 Å². The van der Waals surface area contributed by atoms with Crippen molar-refractivity contribution < 1.29 is 28.8 Å². The summed E-state index contributed by atoms with van der Waals surface area (Å²) in [5, 5.41) is 9.96. The lowest BCUT2D eigenvalue weighted by Gasteiger charge is -2.34. The zero-order valence-corrected chi connectivity index (χ0v) is 12.3. The molecule has 0 unspecified atom stereocenters. The van der Waals surface area contributed by atoms with Gasteiger partial charge in [-0.05, 0) is 38.1 Å². The Morgan fingerprint density at radius 2 is 1.71 bits per heavy atom. The third-order valence-electron chi connectivity index (χ3n) is 3.55. The van der Waals surface area contributed by atoms with Crippen LogP contribution in [0.1, 0.15) is 13.8 Å². The van der Waals surface area contributed by atoms with Gasteiger partial charge in [0.05, 0.1) is 13.7 Å². The average molecular weight is 296 g/mol. The summed E-state index contributed by atoms with van der Waals surface area (Å²) in [4.78, 5) is 0. The smallest absolute Gasteiger partial charge is 0.229 e. The van der Waals surface area contributed by atoms with E-state index in [1.165, 1.54) is 0 Å². The second-order valence-corrected chi connectivity index (χ2v) is 5.63. The molecule has 2 heterocycles. The van der Waals surface area contributed by atoms with Crippen molar-refractivity contribution in [2.75, 3.05) is 13.7 Å². The highest BCUT2D eigenvalue weighted by Crippen LogP contribution is 2.36. The molecule has 2 aliphatic rings. The van der Waals surface area contributed by atoms with Crippen LogP contribution >= 0.6 is 0 Å². The second kappa shape index (κ2) is 5.46. The predicted molar refractivity (Wildman–Crippen MR) is 73.2 cm³/mol. The minimum absolute atomic E-state index is 0.154. The van der Waals surface area contributed by atoms with Crippen LogP contribution < -0.4 is 9.47 Å². The maximum Gasteiger partial charge on any atom is 0.229 e. The van der Waals surface area contributed by atoms with E-state index in [9.17, 15) is 5.11 Å². The highest BCUT2D eigenvalue weighted by molar-refractivity contribution is 5.31. The molecule has 0 aromatic heterocycles. The van der Waals surface area contributed by atoms with Crippen molar-refractivity contribution in [2.45, 2.75) is 44.2 Å². The molecule has 3 rings (SSSR count). The van der Waals surface area contributed by atoms with Gasteiger partial charge in [0.25, 0.3) is 0 Å². The first-order valence-electron chi connectivity index (χ1n) is 6.94. The van der Waals surface area contributed by atoms with Crippen molar-refractivity contribution >= 4 is 0 Å². The van der Waals surface area contributed by atoms with Crippen molar-refractivity contribution in [1.82, 2.24) is 0 Å². The first-order valence-corrected chi connectivity index (χ1v) is 6.94. The van der Waals surface area contributed by atoms with Gasteiger partial charge in [-0.3, -0.25) is 0 Å². The quantitative estimate of drug-likeness (QED) is 0.907. The lowest BCUT2D eigenvalue weighted by atomic mass is 10.1. The van der Waals surface area contributed by atoms with E-state index in [0.29, 0.717) is 5.75 Å². The fourth-order valence-electron chi connectivity index (χ4n) is 2.60. The molecular weight excluding hydrogens is 276 g/mol. The zero-order valence-electron chi connectivity index (χ0n) is 12.3. The molecule has 6 heteroatoms. The summed E-state index contributed by atoms with van der Waals surface area (Å²) < 4.78 is 28.0. The Labute approximate surface area is 123 Å². The van der Waals surface area contributed by atoms with Gasteiger partial charge in [0.2, 0.25) is 6.29 Å². The number of benzene rings is 1. The summed E-state index contributed by atoms with van der Waals surface area (Å²) in [5.74, 6) is 0.636. The van der Waals surface area contributed by atoms with E-state index in [-0.39, 0.29) is 6.61 Å². The molecular formula is C15H20O6. The summed E-state index contributed by atoms with van der Waals surface area (Å²) in [6, 6.07) is 7.20. The van der Waals surface area contributed by atoms with Gasteiger partial charge in [-0.15, -0.1) is 0 Å². The fourth-order valence-corrected chi connectivity index (χ4v) is 2.60. The van der Waals surface area contributed by atoms with Crippen LogP contribution in [0, 0.1) is 0 Å². The fraction of sp³-hybridized carbons (Fsp3) is 0.600. The third kappa shape index (κ3) is 2.98. The Balaban J connectivity index is 1.72. The molecule has 2 aliphatic heterocycles. The summed E-state index contributed by atoms with van der Waals surface area (Å²) in [6.45, 7) is 3.77. The van der Waals surface area contributed by atoms with E-state index >= 15 is 0 Å². The Morgan fingerprint density at radius 3 is 2.38 bits per heavy atom. The number of rotatable bonds is 3. The Bertz CT molecular complexity index is 485. The molecule has 0 amide bonds. The minimum Gasteiger partial charge on any atom is -0.497 e. The van der Waals surface area contributed by atoms with Gasteiger partial charge in [0, 0.05) is 0 Å². The first kappa shape index (κ1) is 14.6. The van der Waals surface area contributed by atoms with Crippen molar-refractivity contribution in [3.8, 4) is 11.5 Å². The Hall–Kier alpha value is -1.34. The number of aliphatic hydroxyl groups is 1. The minimum atomic E-state index is -0.758. The van der Waals surface area contributed by atoms with Crippen LogP contribution in [-0.2, 0) is 14.2 Å². The van der Waals surface area contributed by atoms with Gasteiger partial charge < -0.3 is 28.8 Å². The highest BCUT2D eigenvalue weighted by atomic mass is 16.8. The molecule has 0 radical (unpaired) electrons. The Kier molecular flexibility index (Phi) is 3.79. The van der Waals surface area contributed by atoms with E-state index in [4.69, 9.17) is 23.7 Å². The predicted octanol–water partition coefficient (Wildman–Crippen LogP) is 1.31. The van der Waals surface area contributed by atoms with Gasteiger partial charge in [-0.25, -0.2) is 0 Å². The molecule has 0 bridgehead atoms. The van der Waals surface area contributed by atoms with Crippen LogP contribution in [0.3, 0.4) is 0 Å². The first-order chi connectivity index (χ1) is 9.98. The molecule has 1 N–H and O–H groups in total. The van der Waals surface area contributed by atoms with Crippen LogP contribution in [0.5, 0.6) is 11.5 Å². The molecule has 0 spiro atoms. The number of hydrogen-bond donors (Lipinski definition) is 1. The molecule has 1 aromatic carbocycles. The number of ether oxygens (including phenoxy) is 5. The zero-order chi connectivity index (χ0) is 15.0. The van der Waals surface area contributed by atoms with E-state index in [2.05, 4.69) is 0 Å². The van der Waals surface area contributed by atoms with Crippen molar-refractivity contribution in [3.05, 3.63) is 24.3 Å². The monoisotopic (exact) mass is 296 g/mol. The summed E-state index contributed by atoms with van der Waals surface area (Å²) in [7, 11) is 1.61. The number of fused-ring (bicyclic) bond motifs is 1. The molecule has 2 fully saturated rings. The van der Waals surface area contributed by atoms with Gasteiger partial charge >= 0.3 is 0 Å². The molecule has 1 aromatic rings. The number of hydrogen-bond acceptors (Lipinski definition) is 6. The summed E-state index contributed by atoms with van der Waals surface area (Å²) in [5.41, 5.74) is 0. The van der Waals surface area contributed by atoms with Crippen LogP contribution in [0.4, 0.5) is 0 Å². The third-order valence-corrected chi connectivity index (χ3v) is 3.55. The largest absolute Gasteiger partial charge is 0.497 e. The summed E-state index contributed by atoms with van der Waals surface area (Å²) >= 11 is 0. The molecule has 2 saturated heterocycles. The highest BCUT2D eigenvalue weighted by Gasteiger charge is 2.52. The summed E-state index contributed by atoms with van der Waals surface area (Å²) in [6.07, 6.45) is -2.25. The van der Waals surface area contributed by atoms with E-state index < -0.39 is 30.4 Å². The second-order valence-electron chi connectivity index (χ2n) is 5.63. The topological polar surface area (TPSA) is 66.4 Å². The van der Waals surface area contributed by atoms with Gasteiger partial charge in [-0.2, -0.15) is 0 Å². The van der Waals surface area contributed by atoms with Crippen molar-refractivity contribution in [3.63, 3.8) is 0 Å². The van der Waals surface area contributed by atoms with E-state index in [0.717, 1.165) is 5.75 Å². The van der Waals surface area contributed by atoms with Crippen molar-refractivity contribution in [2.24, 2.45) is 0 Å². The Morgan fingerprint density at radius 1 is 1.10 bits per heavy atom. The van der Waals surface area contributed by atoms with Gasteiger partial charge in [0.15, 0.2) is 11.9 Å². The van der Waals surface area contributed by atoms with Crippen molar-refractivity contribution in [1.29, 1.82) is 0 Å². The number of methoxy groups -OCH3 is 1. The molecule has 0 aliphatic carbocycles. The lowest BCUT2D eigenvalue weighted by Crippen LogP contribution is -2.53. The molecule has 116 valence electrons. The molecule has 4 atom stereocenters. The van der Waals surface area contributed by atoms with Gasteiger partial charge in [0.1, 0.15) is 23.7 Å². The van der Waals surface area contributed by atoms with Crippen LogP contribution in [0.15, 0.2) is 24.3 Å². The maximum atomic E-state index is 9.96. The van der Waals surface area contributed by atoms with Crippen LogP contribution in [0.25, 0.3) is 0 Å². The average Bonchev–Trinajstić information content (AvgIpc) is 2.79. The molecule has 6 nitrogen and oxygen atoms in total. The van der Waals surface area contributed by atoms with Crippen LogP contribution in [-0.4, -0.2) is 49.2 Å². The number of aliphatic hydroxyl groups excluding tert-OH is 1. The van der Waals surface area contributed by atoms with E-state index in [1.807, 2.05) is 13.8 Å². The standard InChI is InChI=1S/C15H20O6/c1-15(2)20-12-11(16)8-18-14(13(12)21-15)19-10-6-4-9(17-3)5-7-10/h4-7,11-14,16H,8H2,1-3H3/t11-,12+,13-,14+/m1/s1. The lowest BCUT2D eigenvalue weighted by molar-refractivity contribution is -0.213. The normalized spacial score (nSPS) is 34.3. The SMILES string of the molecule is COc1ccc(O[C@@H]2OC[C@@H](O)[C@@H]3OC(C)(C)O[C@@H]23)cc1. The maximum absolute atomic E-state index is 9.96. The molecule has 0 saturated carbocycles. The molecule has 21 heavy (non-hydrogen) atoms. The van der Waals surface area contributed by atoms with Crippen LogP contribution in [0.2, 0.25) is 0 Å².